The lowest BCUT2D eigenvalue weighted by Gasteiger charge is -2.34. The van der Waals surface area contributed by atoms with Crippen LogP contribution >= 0.6 is 23.2 Å². The zero-order chi connectivity index (χ0) is 23.3. The third-order valence-corrected chi connectivity index (χ3v) is 7.83. The Morgan fingerprint density at radius 3 is 2.47 bits per heavy atom. The molecule has 0 amide bonds. The number of aromatic nitrogens is 2. The maximum Gasteiger partial charge on any atom is 0.271 e. The monoisotopic (exact) mass is 503 g/mol. The summed E-state index contributed by atoms with van der Waals surface area (Å²) >= 11 is 12.7. The Morgan fingerprint density at radius 2 is 1.81 bits per heavy atom. The smallest absolute Gasteiger partial charge is 0.271 e. The number of alkyl halides is 2. The summed E-state index contributed by atoms with van der Waals surface area (Å²) < 4.78 is 68.0. The summed E-state index contributed by atoms with van der Waals surface area (Å²) in [6, 6.07) is 10.0. The Hall–Kier alpha value is -2.53. The minimum Gasteiger partial charge on any atom is -0.280 e. The van der Waals surface area contributed by atoms with Crippen molar-refractivity contribution in [3.8, 4) is 0 Å². The zero-order valence-electron chi connectivity index (χ0n) is 16.0. The molecule has 2 aromatic carbocycles. The van der Waals surface area contributed by atoms with E-state index in [4.69, 9.17) is 23.2 Å². The van der Waals surface area contributed by atoms with Crippen LogP contribution in [0.3, 0.4) is 0 Å². The van der Waals surface area contributed by atoms with Gasteiger partial charge in [-0.05, 0) is 46.5 Å². The summed E-state index contributed by atoms with van der Waals surface area (Å²) in [5.41, 5.74) is -0.374. The topological polar surface area (TPSA) is 75.2 Å². The molecule has 168 valence electrons. The van der Waals surface area contributed by atoms with Gasteiger partial charge in [-0.2, -0.15) is 0 Å². The van der Waals surface area contributed by atoms with Crippen LogP contribution in [0.1, 0.15) is 22.2 Å². The van der Waals surface area contributed by atoms with Crippen LogP contribution in [-0.4, -0.2) is 27.7 Å². The minimum atomic E-state index is -4.69. The summed E-state index contributed by atoms with van der Waals surface area (Å²) in [7, 11) is -4.69. The van der Waals surface area contributed by atoms with Gasteiger partial charge in [0.15, 0.2) is 16.6 Å². The second kappa shape index (κ2) is 8.11. The van der Waals surface area contributed by atoms with Gasteiger partial charge in [-0.3, -0.25) is 14.6 Å². The van der Waals surface area contributed by atoms with E-state index in [0.29, 0.717) is 5.56 Å². The van der Waals surface area contributed by atoms with E-state index in [0.717, 1.165) is 18.2 Å². The second-order valence-electron chi connectivity index (χ2n) is 7.03. The molecule has 2 unspecified atom stereocenters. The van der Waals surface area contributed by atoms with E-state index in [-0.39, 0.29) is 22.7 Å². The Labute approximate surface area is 190 Å². The van der Waals surface area contributed by atoms with Crippen LogP contribution in [0.4, 0.5) is 13.3 Å². The third kappa shape index (κ3) is 3.66. The quantitative estimate of drug-likeness (QED) is 0.320. The fourth-order valence-corrected chi connectivity index (χ4v) is 5.47. The molecular formula is C20H14Cl2F3N3O3S. The lowest BCUT2D eigenvalue weighted by Crippen LogP contribution is -2.46. The zero-order valence-corrected chi connectivity index (χ0v) is 18.3. The van der Waals surface area contributed by atoms with E-state index >= 15 is 4.48 Å². The molecule has 1 N–H and O–H groups in total. The van der Waals surface area contributed by atoms with Crippen molar-refractivity contribution in [3.05, 3.63) is 93.4 Å². The first-order valence-electron chi connectivity index (χ1n) is 9.11. The molecule has 1 heterocycles. The van der Waals surface area contributed by atoms with E-state index in [2.05, 4.69) is 5.10 Å². The first-order valence-corrected chi connectivity index (χ1v) is 11.4. The maximum absolute atomic E-state index is 15.2. The predicted molar refractivity (Wildman–Crippen MR) is 113 cm³/mol. The Kier molecular flexibility index (Phi) is 5.74. The van der Waals surface area contributed by atoms with Crippen LogP contribution in [0.25, 0.3) is 6.08 Å². The third-order valence-electron chi connectivity index (χ3n) is 4.98. The number of rotatable bonds is 5. The minimum absolute atomic E-state index is 0.0628. The molecule has 0 spiro atoms. The van der Waals surface area contributed by atoms with Gasteiger partial charge in [0.05, 0.1) is 22.7 Å². The molecule has 4 rings (SSSR count). The first kappa shape index (κ1) is 22.7. The number of aromatic amines is 1. The fraction of sp³-hybridized carbons (Fsp3) is 0.150. The molecule has 0 radical (unpaired) electrons. The van der Waals surface area contributed by atoms with Gasteiger partial charge in [-0.15, -0.1) is 16.1 Å². The molecule has 0 saturated heterocycles. The summed E-state index contributed by atoms with van der Waals surface area (Å²) in [5, 5.41) is 0.867. The number of nitrogens with one attached hydrogen (secondary N) is 1. The Balaban J connectivity index is 1.71. The van der Waals surface area contributed by atoms with Crippen LogP contribution in [-0.2, 0) is 16.6 Å². The molecule has 0 saturated carbocycles. The molecule has 3 aromatic rings. The molecule has 32 heavy (non-hydrogen) atoms. The SMILES string of the molecule is O=c1[nH]n(Cc2ccc(F)c(F)c2)c2c1C(Cl)C(Cl)(N(F)S(=O)(=O)c1ccccc1)C=C2. The molecule has 6 nitrogen and oxygen atoms in total. The van der Waals surface area contributed by atoms with E-state index < -0.39 is 42.1 Å². The number of halogens is 5. The number of hydrogen-bond acceptors (Lipinski definition) is 3. The average Bonchev–Trinajstić information content (AvgIpc) is 3.08. The molecule has 1 aromatic heterocycles. The number of benzene rings is 2. The van der Waals surface area contributed by atoms with Crippen LogP contribution in [0, 0.1) is 11.6 Å². The van der Waals surface area contributed by atoms with E-state index in [1.165, 1.54) is 41.1 Å². The fourth-order valence-electron chi connectivity index (χ4n) is 3.37. The van der Waals surface area contributed by atoms with Gasteiger partial charge >= 0.3 is 0 Å². The van der Waals surface area contributed by atoms with Gasteiger partial charge in [0, 0.05) is 0 Å². The molecule has 2 atom stereocenters. The van der Waals surface area contributed by atoms with Crippen LogP contribution in [0.15, 0.2) is 64.3 Å². The van der Waals surface area contributed by atoms with Gasteiger partial charge in [-0.25, -0.2) is 17.2 Å². The van der Waals surface area contributed by atoms with Crippen molar-refractivity contribution >= 4 is 39.3 Å². The number of nitrogens with zero attached hydrogens (tertiary/aromatic N) is 2. The van der Waals surface area contributed by atoms with Gasteiger partial charge in [0.25, 0.3) is 15.6 Å². The van der Waals surface area contributed by atoms with Crippen molar-refractivity contribution in [3.63, 3.8) is 0 Å². The average molecular weight is 504 g/mol. The highest BCUT2D eigenvalue weighted by Crippen LogP contribution is 2.47. The van der Waals surface area contributed by atoms with Gasteiger partial charge in [0.2, 0.25) is 0 Å². The highest BCUT2D eigenvalue weighted by Gasteiger charge is 2.51. The van der Waals surface area contributed by atoms with Crippen molar-refractivity contribution in [2.45, 2.75) is 21.8 Å². The lowest BCUT2D eigenvalue weighted by molar-refractivity contribution is 0.0811. The van der Waals surface area contributed by atoms with Crippen molar-refractivity contribution in [2.24, 2.45) is 0 Å². The molecule has 12 heteroatoms. The van der Waals surface area contributed by atoms with Gasteiger partial charge in [0.1, 0.15) is 5.38 Å². The molecular weight excluding hydrogens is 490 g/mol. The van der Waals surface area contributed by atoms with Gasteiger partial charge < -0.3 is 0 Å². The molecule has 0 bridgehead atoms. The number of fused-ring (bicyclic) bond motifs is 1. The summed E-state index contributed by atoms with van der Waals surface area (Å²) in [6.45, 7) is -0.0628. The van der Waals surface area contributed by atoms with Crippen LogP contribution in [0.2, 0.25) is 0 Å². The Bertz CT molecular complexity index is 1380. The second-order valence-corrected chi connectivity index (χ2v) is 9.81. The maximum atomic E-state index is 15.2. The number of H-pyrrole nitrogens is 1. The van der Waals surface area contributed by atoms with Crippen molar-refractivity contribution in [2.75, 3.05) is 0 Å². The molecule has 1 aliphatic carbocycles. The molecule has 0 aliphatic heterocycles. The standard InChI is InChI=1S/C20H14Cl2F3N3O3S/c21-18-17-16(27(26-19(17)29)11-12-6-7-14(23)15(24)10-12)8-9-20(18,22)28(25)32(30,31)13-4-2-1-3-5-13/h1-10,18H,11H2,(H,26,29). The first-order chi connectivity index (χ1) is 15.1. The number of hydrogen-bond donors (Lipinski definition) is 1. The van der Waals surface area contributed by atoms with E-state index in [1.807, 2.05) is 0 Å². The lowest BCUT2D eigenvalue weighted by atomic mass is 9.99. The van der Waals surface area contributed by atoms with Crippen molar-refractivity contribution in [1.29, 1.82) is 0 Å². The Morgan fingerprint density at radius 1 is 1.12 bits per heavy atom. The summed E-state index contributed by atoms with van der Waals surface area (Å²) in [5.74, 6) is -2.08. The van der Waals surface area contributed by atoms with E-state index in [1.54, 1.807) is 6.07 Å². The predicted octanol–water partition coefficient (Wildman–Crippen LogP) is 4.32. The van der Waals surface area contributed by atoms with Gasteiger partial charge in [-0.1, -0.05) is 35.9 Å². The van der Waals surface area contributed by atoms with Crippen LogP contribution < -0.4 is 5.56 Å². The highest BCUT2D eigenvalue weighted by molar-refractivity contribution is 7.89. The largest absolute Gasteiger partial charge is 0.280 e. The number of sulfonamides is 1. The summed E-state index contributed by atoms with van der Waals surface area (Å²) in [6.07, 6.45) is 2.26. The summed E-state index contributed by atoms with van der Waals surface area (Å²) in [4.78, 5) is 9.78. The van der Waals surface area contributed by atoms with Crippen molar-refractivity contribution in [1.82, 2.24) is 14.3 Å². The van der Waals surface area contributed by atoms with E-state index in [9.17, 15) is 22.0 Å². The molecule has 0 fully saturated rings. The normalized spacial score (nSPS) is 20.5. The van der Waals surface area contributed by atoms with Crippen LogP contribution in [0.5, 0.6) is 0 Å². The van der Waals surface area contributed by atoms with Crippen molar-refractivity contribution < 1.29 is 21.7 Å². The molecule has 1 aliphatic rings. The highest BCUT2D eigenvalue weighted by atomic mass is 35.5.